The van der Waals surface area contributed by atoms with Gasteiger partial charge in [-0.1, -0.05) is 23.7 Å². The Morgan fingerprint density at radius 3 is 2.77 bits per heavy atom. The number of furan rings is 1. The van der Waals surface area contributed by atoms with Crippen molar-refractivity contribution in [2.24, 2.45) is 14.1 Å². The molecule has 0 aliphatic carbocycles. The van der Waals surface area contributed by atoms with Crippen LogP contribution in [0.25, 0.3) is 22.4 Å². The zero-order chi connectivity index (χ0) is 21.6. The van der Waals surface area contributed by atoms with Gasteiger partial charge in [0.25, 0.3) is 5.56 Å². The highest BCUT2D eigenvalue weighted by Gasteiger charge is 2.19. The quantitative estimate of drug-likeness (QED) is 0.521. The molecule has 1 N–H and O–H groups in total. The average molecular weight is 445 g/mol. The maximum atomic E-state index is 12.5. The Hall–Kier alpha value is -3.17. The van der Waals surface area contributed by atoms with Gasteiger partial charge in [0.1, 0.15) is 5.39 Å². The maximum Gasteiger partial charge on any atom is 0.333 e. The summed E-state index contributed by atoms with van der Waals surface area (Å²) in [7, 11) is 2.89. The second kappa shape index (κ2) is 7.58. The van der Waals surface area contributed by atoms with Gasteiger partial charge >= 0.3 is 5.69 Å². The summed E-state index contributed by atoms with van der Waals surface area (Å²) in [5.74, 6) is -0.351. The first-order valence-corrected chi connectivity index (χ1v) is 10.2. The molecule has 1 amide bonds. The first kappa shape index (κ1) is 20.1. The fourth-order valence-corrected chi connectivity index (χ4v) is 4.02. The van der Waals surface area contributed by atoms with Crippen molar-refractivity contribution >= 4 is 45.1 Å². The molecule has 0 saturated heterocycles. The number of amides is 1. The predicted molar refractivity (Wildman–Crippen MR) is 116 cm³/mol. The lowest BCUT2D eigenvalue weighted by molar-refractivity contribution is -0.115. The van der Waals surface area contributed by atoms with Gasteiger partial charge in [-0.05, 0) is 18.6 Å². The third-order valence-corrected chi connectivity index (χ3v) is 5.98. The van der Waals surface area contributed by atoms with E-state index in [1.165, 1.54) is 36.3 Å². The summed E-state index contributed by atoms with van der Waals surface area (Å²) in [4.78, 5) is 41.4. The van der Waals surface area contributed by atoms with Crippen molar-refractivity contribution in [1.82, 2.24) is 14.1 Å². The van der Waals surface area contributed by atoms with Crippen molar-refractivity contribution in [3.8, 4) is 11.3 Å². The molecule has 154 valence electrons. The van der Waals surface area contributed by atoms with Crippen LogP contribution in [0.1, 0.15) is 11.1 Å². The van der Waals surface area contributed by atoms with Crippen molar-refractivity contribution < 1.29 is 9.21 Å². The van der Waals surface area contributed by atoms with E-state index in [9.17, 15) is 14.4 Å². The number of rotatable bonds is 4. The Kier molecular flexibility index (Phi) is 5.08. The van der Waals surface area contributed by atoms with Crippen LogP contribution in [0, 0.1) is 6.92 Å². The van der Waals surface area contributed by atoms with Crippen molar-refractivity contribution in [3.05, 3.63) is 66.8 Å². The minimum atomic E-state index is -0.502. The largest absolute Gasteiger partial charge is 0.447 e. The first-order chi connectivity index (χ1) is 14.3. The molecule has 10 heteroatoms. The van der Waals surface area contributed by atoms with Crippen LogP contribution < -0.4 is 16.6 Å². The highest BCUT2D eigenvalue weighted by molar-refractivity contribution is 7.14. The van der Waals surface area contributed by atoms with Gasteiger partial charge in [0.15, 0.2) is 5.13 Å². The fraction of sp³-hybridized carbons (Fsp3) is 0.200. The highest BCUT2D eigenvalue weighted by Crippen LogP contribution is 2.28. The Bertz CT molecular complexity index is 1410. The third-order valence-electron chi connectivity index (χ3n) is 4.81. The van der Waals surface area contributed by atoms with Crippen LogP contribution in [0.15, 0.2) is 43.8 Å². The number of aromatic nitrogens is 3. The molecular weight excluding hydrogens is 428 g/mol. The lowest BCUT2D eigenvalue weighted by Crippen LogP contribution is -2.36. The number of fused-ring (bicyclic) bond motifs is 1. The Labute approximate surface area is 179 Å². The monoisotopic (exact) mass is 444 g/mol. The van der Waals surface area contributed by atoms with E-state index < -0.39 is 11.2 Å². The number of nitrogens with one attached hydrogen (secondary N) is 1. The second-order valence-corrected chi connectivity index (χ2v) is 8.14. The smallest absolute Gasteiger partial charge is 0.333 e. The fourth-order valence-electron chi connectivity index (χ4n) is 3.11. The summed E-state index contributed by atoms with van der Waals surface area (Å²) in [6.07, 6.45) is 1.23. The van der Waals surface area contributed by atoms with E-state index in [1.807, 2.05) is 30.5 Å². The number of thiazole rings is 1. The number of anilines is 1. The summed E-state index contributed by atoms with van der Waals surface area (Å²) in [6.45, 7) is 1.92. The molecule has 0 saturated carbocycles. The lowest BCUT2D eigenvalue weighted by atomic mass is 10.1. The van der Waals surface area contributed by atoms with Crippen molar-refractivity contribution in [3.63, 3.8) is 0 Å². The molecule has 4 aromatic rings. The number of carbonyl (C=O) groups is 1. The number of benzene rings is 1. The molecular formula is C20H17ClN4O4S. The van der Waals surface area contributed by atoms with Gasteiger partial charge in [-0.2, -0.15) is 0 Å². The third kappa shape index (κ3) is 3.46. The minimum absolute atomic E-state index is 0.0916. The van der Waals surface area contributed by atoms with Crippen molar-refractivity contribution in [2.45, 2.75) is 13.3 Å². The summed E-state index contributed by atoms with van der Waals surface area (Å²) < 4.78 is 7.59. The molecule has 0 bridgehead atoms. The zero-order valence-electron chi connectivity index (χ0n) is 16.4. The van der Waals surface area contributed by atoms with E-state index >= 15 is 0 Å². The number of hydrogen-bond acceptors (Lipinski definition) is 6. The van der Waals surface area contributed by atoms with Crippen LogP contribution in [-0.2, 0) is 25.3 Å². The Morgan fingerprint density at radius 1 is 1.27 bits per heavy atom. The van der Waals surface area contributed by atoms with Gasteiger partial charge in [-0.3, -0.25) is 18.7 Å². The van der Waals surface area contributed by atoms with Gasteiger partial charge in [-0.15, -0.1) is 11.3 Å². The summed E-state index contributed by atoms with van der Waals surface area (Å²) >= 11 is 7.46. The SMILES string of the molecule is Cc1ccc(-c2csc(NC(=O)Cc3coc4c3c(=O)n(C)c(=O)n4C)n2)cc1Cl. The molecule has 3 heterocycles. The Balaban J connectivity index is 1.56. The van der Waals surface area contributed by atoms with Crippen LogP contribution in [0.3, 0.4) is 0 Å². The molecule has 4 rings (SSSR count). The first-order valence-electron chi connectivity index (χ1n) is 8.94. The van der Waals surface area contributed by atoms with E-state index in [4.69, 9.17) is 16.0 Å². The lowest BCUT2D eigenvalue weighted by Gasteiger charge is -2.04. The topological polar surface area (TPSA) is 99.1 Å². The van der Waals surface area contributed by atoms with Crippen LogP contribution >= 0.6 is 22.9 Å². The van der Waals surface area contributed by atoms with E-state index in [2.05, 4.69) is 10.3 Å². The van der Waals surface area contributed by atoms with E-state index in [-0.39, 0.29) is 23.4 Å². The number of aryl methyl sites for hydroxylation is 2. The number of halogens is 1. The normalized spacial score (nSPS) is 11.2. The molecule has 3 aromatic heterocycles. The molecule has 0 fully saturated rings. The molecule has 0 radical (unpaired) electrons. The molecule has 0 atom stereocenters. The molecule has 8 nitrogen and oxygen atoms in total. The van der Waals surface area contributed by atoms with E-state index in [0.717, 1.165) is 15.7 Å². The molecule has 0 spiro atoms. The summed E-state index contributed by atoms with van der Waals surface area (Å²) in [5, 5.41) is 5.86. The second-order valence-electron chi connectivity index (χ2n) is 6.87. The summed E-state index contributed by atoms with van der Waals surface area (Å²) in [6, 6.07) is 5.65. The molecule has 0 aliphatic rings. The molecule has 0 unspecified atom stereocenters. The molecule has 1 aromatic carbocycles. The predicted octanol–water partition coefficient (Wildman–Crippen LogP) is 3.10. The zero-order valence-corrected chi connectivity index (χ0v) is 17.9. The minimum Gasteiger partial charge on any atom is -0.447 e. The standard InChI is InChI=1S/C20H17ClN4O4S/c1-10-4-5-11(6-13(10)21)14-9-30-19(22-14)23-15(26)7-12-8-29-18-16(12)17(27)24(2)20(28)25(18)3/h4-6,8-9H,7H2,1-3H3,(H,22,23,26). The number of nitrogens with zero attached hydrogens (tertiary/aromatic N) is 3. The summed E-state index contributed by atoms with van der Waals surface area (Å²) in [5.41, 5.74) is 2.07. The van der Waals surface area contributed by atoms with E-state index in [1.54, 1.807) is 0 Å². The number of hydrogen-bond donors (Lipinski definition) is 1. The van der Waals surface area contributed by atoms with Crippen LogP contribution in [0.5, 0.6) is 0 Å². The van der Waals surface area contributed by atoms with Gasteiger partial charge in [-0.25, -0.2) is 9.78 Å². The van der Waals surface area contributed by atoms with Gasteiger partial charge in [0.05, 0.1) is 18.4 Å². The van der Waals surface area contributed by atoms with Crippen LogP contribution in [0.2, 0.25) is 5.02 Å². The average Bonchev–Trinajstić information content (AvgIpc) is 3.34. The Morgan fingerprint density at radius 2 is 2.03 bits per heavy atom. The van der Waals surface area contributed by atoms with Gasteiger partial charge < -0.3 is 9.73 Å². The van der Waals surface area contributed by atoms with Gasteiger partial charge in [0, 0.05) is 35.6 Å². The van der Waals surface area contributed by atoms with Crippen molar-refractivity contribution in [1.29, 1.82) is 0 Å². The highest BCUT2D eigenvalue weighted by atomic mass is 35.5. The van der Waals surface area contributed by atoms with E-state index in [0.29, 0.717) is 21.4 Å². The maximum absolute atomic E-state index is 12.5. The molecule has 30 heavy (non-hydrogen) atoms. The van der Waals surface area contributed by atoms with Crippen LogP contribution in [0.4, 0.5) is 5.13 Å². The molecule has 0 aliphatic heterocycles. The van der Waals surface area contributed by atoms with Crippen molar-refractivity contribution in [2.75, 3.05) is 5.32 Å². The number of carbonyl (C=O) groups excluding carboxylic acids is 1. The van der Waals surface area contributed by atoms with Gasteiger partial charge in [0.2, 0.25) is 11.6 Å². The van der Waals surface area contributed by atoms with Crippen LogP contribution in [-0.4, -0.2) is 20.0 Å².